The Labute approximate surface area is 479 Å². The van der Waals surface area contributed by atoms with Crippen molar-refractivity contribution in [1.82, 2.24) is 19.9 Å². The van der Waals surface area contributed by atoms with Crippen molar-refractivity contribution >= 4 is 87.0 Å². The van der Waals surface area contributed by atoms with E-state index in [2.05, 4.69) is 19.9 Å². The molecular weight excluding hydrogens is 1080 g/mol. The lowest BCUT2D eigenvalue weighted by atomic mass is 9.97. The number of phenols is 2. The summed E-state index contributed by atoms with van der Waals surface area (Å²) in [5.41, 5.74) is 8.76. The topological polar surface area (TPSA) is 253 Å². The number of amides is 8. The summed E-state index contributed by atoms with van der Waals surface area (Å²) < 4.78 is 6.07. The summed E-state index contributed by atoms with van der Waals surface area (Å²) in [4.78, 5) is 129. The number of aliphatic imine (C=N–C) groups is 1. The van der Waals surface area contributed by atoms with Crippen LogP contribution in [-0.2, 0) is 6.42 Å². The third-order valence-electron chi connectivity index (χ3n) is 15.9. The first-order valence-corrected chi connectivity index (χ1v) is 26.6. The Morgan fingerprint density at radius 2 is 0.835 bits per heavy atom. The number of imidazole rings is 1. The van der Waals surface area contributed by atoms with Crippen LogP contribution >= 0.6 is 0 Å². The molecule has 408 valence electrons. The van der Waals surface area contributed by atoms with Crippen LogP contribution in [0.2, 0.25) is 0 Å². The molecule has 85 heavy (non-hydrogen) atoms. The van der Waals surface area contributed by atoms with E-state index < -0.39 is 47.3 Å². The predicted molar refractivity (Wildman–Crippen MR) is 310 cm³/mol. The molecule has 5 aliphatic heterocycles. The summed E-state index contributed by atoms with van der Waals surface area (Å²) in [6.07, 6.45) is 0.444. The Bertz CT molecular complexity index is 4850. The van der Waals surface area contributed by atoms with Gasteiger partial charge in [0.15, 0.2) is 11.5 Å². The highest BCUT2D eigenvalue weighted by Gasteiger charge is 2.41. The number of aryl methyl sites for hydroxylation is 1. The van der Waals surface area contributed by atoms with Crippen LogP contribution in [0.3, 0.4) is 0 Å². The first-order chi connectivity index (χ1) is 41.0. The third-order valence-corrected chi connectivity index (χ3v) is 15.9. The number of benzene rings is 8. The van der Waals surface area contributed by atoms with E-state index in [1.807, 2.05) is 25.1 Å². The van der Waals surface area contributed by atoms with Gasteiger partial charge in [-0.15, -0.1) is 0 Å². The number of anilines is 3. The number of nitrogens with zero attached hydrogens (tertiary/aromatic N) is 7. The fraction of sp³-hybridized carbons (Fsp3) is 0.0455. The number of carbonyl (C=O) groups excluding carboxylic acids is 8. The molecule has 2 aromatic heterocycles. The first-order valence-electron chi connectivity index (χ1n) is 26.6. The smallest absolute Gasteiger partial charge is 0.266 e. The summed E-state index contributed by atoms with van der Waals surface area (Å²) in [6.45, 7) is 1.89. The van der Waals surface area contributed by atoms with Crippen molar-refractivity contribution in [3.63, 3.8) is 0 Å². The van der Waals surface area contributed by atoms with E-state index in [1.54, 1.807) is 127 Å². The number of phenolic OH excluding ortho intramolecular Hbond substituents is 2. The monoisotopic (exact) mass is 1120 g/mol. The number of aromatic hydroxyl groups is 2. The van der Waals surface area contributed by atoms with Gasteiger partial charge in [0.1, 0.15) is 34.3 Å². The molecule has 0 fully saturated rings. The van der Waals surface area contributed by atoms with Gasteiger partial charge in [0.25, 0.3) is 47.3 Å². The molecule has 5 aliphatic rings. The molecule has 8 aromatic carbocycles. The zero-order valence-corrected chi connectivity index (χ0v) is 44.5. The number of fused-ring (bicyclic) bond motifs is 6. The van der Waals surface area contributed by atoms with Crippen LogP contribution in [0.5, 0.6) is 23.0 Å². The van der Waals surface area contributed by atoms with Crippen molar-refractivity contribution in [3.8, 4) is 56.6 Å². The van der Waals surface area contributed by atoms with E-state index in [1.165, 1.54) is 25.2 Å². The van der Waals surface area contributed by atoms with Gasteiger partial charge in [0, 0.05) is 30.7 Å². The maximum Gasteiger partial charge on any atom is 0.266 e. The number of nitrogens with one attached hydrogen (secondary N) is 1. The lowest BCUT2D eigenvalue weighted by molar-refractivity contribution is 0.0690. The van der Waals surface area contributed by atoms with Gasteiger partial charge in [-0.2, -0.15) is 0 Å². The maximum absolute atomic E-state index is 14.1. The summed E-state index contributed by atoms with van der Waals surface area (Å²) >= 11 is 0. The van der Waals surface area contributed by atoms with Gasteiger partial charge in [-0.1, -0.05) is 30.3 Å². The van der Waals surface area contributed by atoms with Crippen LogP contribution in [-0.4, -0.2) is 90.1 Å². The SMILES string of the molecule is Cc1ccc(C2=Nc3nc4[nH]c(-c5ccc(N6C(=O)c7ccc(-c8ccc9c(c8)C(=O)N(c8ccc(Oc%10ccc(N%11C(=O)c%12ccc(-c%13ccc%14c(c%13)C(=O)N(C)C%14=O)cc%12C%11=O)cc%10)cc8)C9=O)cc7C6=O)cc5O)nc4cc3C2)c(O)c1. The van der Waals surface area contributed by atoms with Gasteiger partial charge in [-0.05, 0) is 162 Å². The van der Waals surface area contributed by atoms with Crippen molar-refractivity contribution in [2.75, 3.05) is 21.7 Å². The molecule has 15 rings (SSSR count). The number of imide groups is 4. The van der Waals surface area contributed by atoms with E-state index in [0.717, 1.165) is 30.7 Å². The summed E-state index contributed by atoms with van der Waals surface area (Å²) in [7, 11) is 1.41. The molecule has 7 heterocycles. The zero-order chi connectivity index (χ0) is 58.4. The highest BCUT2D eigenvalue weighted by molar-refractivity contribution is 6.37. The van der Waals surface area contributed by atoms with Crippen LogP contribution in [0.15, 0.2) is 169 Å². The molecule has 0 spiro atoms. The van der Waals surface area contributed by atoms with Crippen molar-refractivity contribution in [3.05, 3.63) is 225 Å². The van der Waals surface area contributed by atoms with E-state index in [4.69, 9.17) is 4.74 Å². The second-order valence-corrected chi connectivity index (χ2v) is 21.0. The summed E-state index contributed by atoms with van der Waals surface area (Å²) in [5.74, 6) is -2.79. The molecule has 3 N–H and O–H groups in total. The van der Waals surface area contributed by atoms with Crippen LogP contribution in [0.25, 0.3) is 44.8 Å². The Morgan fingerprint density at radius 3 is 1.33 bits per heavy atom. The van der Waals surface area contributed by atoms with Gasteiger partial charge >= 0.3 is 0 Å². The van der Waals surface area contributed by atoms with Crippen LogP contribution < -0.4 is 19.4 Å². The molecule has 0 unspecified atom stereocenters. The minimum atomic E-state index is -0.626. The average Bonchev–Trinajstić information content (AvgIpc) is 2.21. The molecule has 19 nitrogen and oxygen atoms in total. The number of aromatic amines is 1. The largest absolute Gasteiger partial charge is 0.507 e. The molecule has 0 aliphatic carbocycles. The fourth-order valence-electron chi connectivity index (χ4n) is 11.5. The lowest BCUT2D eigenvalue weighted by Gasteiger charge is -2.16. The second kappa shape index (κ2) is 18.3. The number of hydrogen-bond acceptors (Lipinski definition) is 14. The molecule has 10 aromatic rings. The van der Waals surface area contributed by atoms with Gasteiger partial charge in [0.2, 0.25) is 0 Å². The minimum absolute atomic E-state index is 0.106. The number of rotatable bonds is 9. The number of carbonyl (C=O) groups is 8. The lowest BCUT2D eigenvalue weighted by Crippen LogP contribution is -2.29. The Morgan fingerprint density at radius 1 is 0.424 bits per heavy atom. The molecular formula is C66H38N8O11. The molecule has 19 heteroatoms. The van der Waals surface area contributed by atoms with Gasteiger partial charge in [0.05, 0.1) is 72.8 Å². The summed E-state index contributed by atoms with van der Waals surface area (Å²) in [6, 6.07) is 43.5. The number of pyridine rings is 1. The van der Waals surface area contributed by atoms with Crippen LogP contribution in [0.4, 0.5) is 22.9 Å². The Balaban J connectivity index is 0.604. The number of H-pyrrole nitrogens is 1. The molecule has 0 saturated heterocycles. The first kappa shape index (κ1) is 50.0. The fourth-order valence-corrected chi connectivity index (χ4v) is 11.5. The number of hydrogen-bond donors (Lipinski definition) is 3. The van der Waals surface area contributed by atoms with Gasteiger partial charge < -0.3 is 19.9 Å². The molecule has 0 radical (unpaired) electrons. The molecule has 0 saturated carbocycles. The minimum Gasteiger partial charge on any atom is -0.507 e. The summed E-state index contributed by atoms with van der Waals surface area (Å²) in [5, 5.41) is 21.9. The van der Waals surface area contributed by atoms with Crippen LogP contribution in [0, 0.1) is 6.92 Å². The number of ether oxygens (including phenoxy) is 1. The number of aromatic nitrogens is 3. The van der Waals surface area contributed by atoms with E-state index in [0.29, 0.717) is 91.1 Å². The van der Waals surface area contributed by atoms with Crippen molar-refractivity contribution < 1.29 is 53.3 Å². The second-order valence-electron chi connectivity index (χ2n) is 21.0. The highest BCUT2D eigenvalue weighted by Crippen LogP contribution is 2.41. The van der Waals surface area contributed by atoms with Crippen LogP contribution in [0.1, 0.15) is 99.6 Å². The molecule has 8 amide bonds. The van der Waals surface area contributed by atoms with E-state index >= 15 is 0 Å². The maximum atomic E-state index is 14.1. The van der Waals surface area contributed by atoms with Gasteiger partial charge in [-0.3, -0.25) is 43.3 Å². The zero-order valence-electron chi connectivity index (χ0n) is 44.5. The van der Waals surface area contributed by atoms with Crippen molar-refractivity contribution in [2.45, 2.75) is 13.3 Å². The van der Waals surface area contributed by atoms with E-state index in [9.17, 15) is 48.6 Å². The Hall–Kier alpha value is -12.0. The predicted octanol–water partition coefficient (Wildman–Crippen LogP) is 10.8. The average molecular weight is 1120 g/mol. The highest BCUT2D eigenvalue weighted by atomic mass is 16.5. The Kier molecular flexibility index (Phi) is 10.7. The third kappa shape index (κ3) is 7.71. The van der Waals surface area contributed by atoms with Crippen molar-refractivity contribution in [1.29, 1.82) is 0 Å². The van der Waals surface area contributed by atoms with E-state index in [-0.39, 0.29) is 61.8 Å². The van der Waals surface area contributed by atoms with Crippen molar-refractivity contribution in [2.24, 2.45) is 4.99 Å². The quantitative estimate of drug-likeness (QED) is 0.114. The van der Waals surface area contributed by atoms with Gasteiger partial charge in [-0.25, -0.2) is 29.7 Å². The normalized spacial score (nSPS) is 14.9. The molecule has 0 bridgehead atoms. The standard InChI is InChI=1S/C66H38N8O11/c1-31-3-17-46(54(75)23-31)52-28-36-29-53-58(69-56(36)67-52)70-57(68-53)47-22-12-39(30-55(47)76)74-63(81)45-21-7-35(27-51(45)66(74)84)34-6-20-44-50(26-34)65(83)73(62(44)80)38-10-15-41(16-11-38)85-40-13-8-37(9-14-40)72-61(79)43-19-5-33(25-49(43)64(72)82)32-4-18-42-48(24-32)60(78)71(2)59(42)77/h3-27,29-30,75-76H,28H2,1-2H3,(H,68,69,70). The molecule has 0 atom stereocenters.